The number of nitrogens with zero attached hydrogens (tertiary/aromatic N) is 2. The van der Waals surface area contributed by atoms with Crippen LogP contribution in [0.15, 0.2) is 0 Å². The van der Waals surface area contributed by atoms with Crippen LogP contribution in [-0.2, 0) is 0 Å². The van der Waals surface area contributed by atoms with Crippen LogP contribution in [0.3, 0.4) is 0 Å². The van der Waals surface area contributed by atoms with Crippen LogP contribution in [0.5, 0.6) is 0 Å². The highest BCUT2D eigenvalue weighted by Gasteiger charge is 2.26. The van der Waals surface area contributed by atoms with Gasteiger partial charge in [-0.05, 0) is 32.1 Å². The molecule has 0 amide bonds. The summed E-state index contributed by atoms with van der Waals surface area (Å²) in [7, 11) is 0. The first-order chi connectivity index (χ1) is 9.49. The molecule has 2 rings (SSSR count). The number of carbonyl (C=O) groups is 1. The molecular formula is C16H26N2OS. The maximum Gasteiger partial charge on any atom is 0.186 e. The topological polar surface area (TPSA) is 33.2 Å². The molecule has 0 aromatic carbocycles. The van der Waals surface area contributed by atoms with Gasteiger partial charge < -0.3 is 4.90 Å². The molecule has 4 heteroatoms. The highest BCUT2D eigenvalue weighted by atomic mass is 32.1. The minimum atomic E-state index is 0.140. The Bertz CT molecular complexity index is 461. The van der Waals surface area contributed by atoms with Gasteiger partial charge in [-0.2, -0.15) is 0 Å². The molecule has 0 radical (unpaired) electrons. The Morgan fingerprint density at radius 3 is 2.55 bits per heavy atom. The number of hydrogen-bond donors (Lipinski definition) is 0. The molecule has 1 fully saturated rings. The van der Waals surface area contributed by atoms with Crippen molar-refractivity contribution in [2.45, 2.75) is 65.8 Å². The maximum absolute atomic E-state index is 11.6. The fourth-order valence-electron chi connectivity index (χ4n) is 2.88. The van der Waals surface area contributed by atoms with Crippen molar-refractivity contribution in [2.75, 3.05) is 11.4 Å². The number of hydrogen-bond acceptors (Lipinski definition) is 4. The van der Waals surface area contributed by atoms with Gasteiger partial charge in [-0.25, -0.2) is 4.98 Å². The van der Waals surface area contributed by atoms with Crippen LogP contribution in [0.25, 0.3) is 0 Å². The van der Waals surface area contributed by atoms with Gasteiger partial charge in [-0.3, -0.25) is 4.79 Å². The number of aromatic nitrogens is 1. The number of Topliss-reactive ketones (excluding diaryl/α,β-unsaturated/α-hetero) is 1. The van der Waals surface area contributed by atoms with Crippen molar-refractivity contribution in [1.82, 2.24) is 4.98 Å². The SMILES string of the molecule is CC(=O)c1sc(N(CCC(C)C)C2CCCC2)nc1C. The Kier molecular flexibility index (Phi) is 5.19. The Morgan fingerprint density at radius 1 is 1.40 bits per heavy atom. The molecule has 1 heterocycles. The molecule has 20 heavy (non-hydrogen) atoms. The number of anilines is 1. The van der Waals surface area contributed by atoms with E-state index in [1.165, 1.54) is 32.1 Å². The van der Waals surface area contributed by atoms with Gasteiger partial charge in [0.05, 0.1) is 10.6 Å². The van der Waals surface area contributed by atoms with E-state index in [1.54, 1.807) is 18.3 Å². The van der Waals surface area contributed by atoms with E-state index >= 15 is 0 Å². The van der Waals surface area contributed by atoms with E-state index in [0.717, 1.165) is 22.2 Å². The van der Waals surface area contributed by atoms with E-state index in [0.29, 0.717) is 12.0 Å². The lowest BCUT2D eigenvalue weighted by Crippen LogP contribution is -2.34. The third-order valence-electron chi connectivity index (χ3n) is 4.06. The second-order valence-electron chi connectivity index (χ2n) is 6.28. The number of aryl methyl sites for hydroxylation is 1. The van der Waals surface area contributed by atoms with Crippen LogP contribution >= 0.6 is 11.3 Å². The van der Waals surface area contributed by atoms with Crippen LogP contribution in [-0.4, -0.2) is 23.4 Å². The minimum Gasteiger partial charge on any atom is -0.345 e. The summed E-state index contributed by atoms with van der Waals surface area (Å²) in [4.78, 5) is 19.6. The van der Waals surface area contributed by atoms with E-state index in [9.17, 15) is 4.79 Å². The van der Waals surface area contributed by atoms with Gasteiger partial charge in [0.25, 0.3) is 0 Å². The van der Waals surface area contributed by atoms with Gasteiger partial charge in [0.1, 0.15) is 0 Å². The zero-order chi connectivity index (χ0) is 14.7. The van der Waals surface area contributed by atoms with Gasteiger partial charge >= 0.3 is 0 Å². The monoisotopic (exact) mass is 294 g/mol. The zero-order valence-electron chi connectivity index (χ0n) is 13.1. The fraction of sp³-hybridized carbons (Fsp3) is 0.750. The molecule has 1 aliphatic rings. The molecule has 0 unspecified atom stereocenters. The van der Waals surface area contributed by atoms with Crippen molar-refractivity contribution in [3.05, 3.63) is 10.6 Å². The van der Waals surface area contributed by atoms with Crippen molar-refractivity contribution < 1.29 is 4.79 Å². The van der Waals surface area contributed by atoms with Gasteiger partial charge in [0.15, 0.2) is 10.9 Å². The Morgan fingerprint density at radius 2 is 2.05 bits per heavy atom. The van der Waals surface area contributed by atoms with Gasteiger partial charge in [-0.15, -0.1) is 0 Å². The fourth-order valence-corrected chi connectivity index (χ4v) is 3.94. The molecular weight excluding hydrogens is 268 g/mol. The van der Waals surface area contributed by atoms with Gasteiger partial charge in [0.2, 0.25) is 0 Å². The lowest BCUT2D eigenvalue weighted by atomic mass is 10.1. The Labute approximate surface area is 126 Å². The van der Waals surface area contributed by atoms with Crippen LogP contribution in [0.1, 0.15) is 68.2 Å². The molecule has 3 nitrogen and oxygen atoms in total. The van der Waals surface area contributed by atoms with Gasteiger partial charge in [0, 0.05) is 19.5 Å². The van der Waals surface area contributed by atoms with Crippen LogP contribution in [0.2, 0.25) is 0 Å². The summed E-state index contributed by atoms with van der Waals surface area (Å²) in [5.74, 6) is 0.841. The first kappa shape index (κ1) is 15.5. The van der Waals surface area contributed by atoms with Crippen molar-refractivity contribution >= 4 is 22.3 Å². The van der Waals surface area contributed by atoms with E-state index in [-0.39, 0.29) is 5.78 Å². The third kappa shape index (κ3) is 3.60. The molecule has 0 atom stereocenters. The lowest BCUT2D eigenvalue weighted by Gasteiger charge is -2.29. The number of ketones is 1. The Hall–Kier alpha value is -0.900. The second kappa shape index (κ2) is 6.70. The van der Waals surface area contributed by atoms with E-state index in [1.807, 2.05) is 6.92 Å². The molecule has 0 aliphatic heterocycles. The third-order valence-corrected chi connectivity index (χ3v) is 5.36. The standard InChI is InChI=1S/C16H26N2OS/c1-11(2)9-10-18(14-7-5-6-8-14)16-17-12(3)15(20-16)13(4)19/h11,14H,5-10H2,1-4H3. The molecule has 0 spiro atoms. The molecule has 0 saturated heterocycles. The molecule has 112 valence electrons. The summed E-state index contributed by atoms with van der Waals surface area (Å²) < 4.78 is 0. The molecule has 0 N–H and O–H groups in total. The summed E-state index contributed by atoms with van der Waals surface area (Å²) in [5, 5.41) is 1.06. The molecule has 1 aromatic rings. The highest BCUT2D eigenvalue weighted by Crippen LogP contribution is 2.33. The van der Waals surface area contributed by atoms with Crippen molar-refractivity contribution in [1.29, 1.82) is 0 Å². The quantitative estimate of drug-likeness (QED) is 0.727. The normalized spacial score (nSPS) is 16.1. The van der Waals surface area contributed by atoms with Crippen molar-refractivity contribution in [2.24, 2.45) is 5.92 Å². The largest absolute Gasteiger partial charge is 0.345 e. The van der Waals surface area contributed by atoms with Crippen molar-refractivity contribution in [3.8, 4) is 0 Å². The summed E-state index contributed by atoms with van der Waals surface area (Å²) in [6, 6.07) is 0.624. The summed E-state index contributed by atoms with van der Waals surface area (Å²) >= 11 is 1.58. The van der Waals surface area contributed by atoms with Gasteiger partial charge in [-0.1, -0.05) is 38.0 Å². The number of rotatable bonds is 6. The predicted octanol–water partition coefficient (Wildman–Crippen LogP) is 4.45. The summed E-state index contributed by atoms with van der Waals surface area (Å²) in [5.41, 5.74) is 0.894. The maximum atomic E-state index is 11.6. The first-order valence-electron chi connectivity index (χ1n) is 7.74. The number of carbonyl (C=O) groups excluding carboxylic acids is 1. The average Bonchev–Trinajstić information content (AvgIpc) is 2.99. The first-order valence-corrected chi connectivity index (χ1v) is 8.55. The molecule has 1 aliphatic carbocycles. The van der Waals surface area contributed by atoms with Crippen molar-refractivity contribution in [3.63, 3.8) is 0 Å². The predicted molar refractivity (Wildman–Crippen MR) is 85.9 cm³/mol. The summed E-state index contributed by atoms with van der Waals surface area (Å²) in [6.07, 6.45) is 6.38. The second-order valence-corrected chi connectivity index (χ2v) is 7.26. The van der Waals surface area contributed by atoms with E-state index < -0.39 is 0 Å². The van der Waals surface area contributed by atoms with Crippen LogP contribution < -0.4 is 4.90 Å². The average molecular weight is 294 g/mol. The Balaban J connectivity index is 2.20. The molecule has 1 saturated carbocycles. The minimum absolute atomic E-state index is 0.140. The zero-order valence-corrected chi connectivity index (χ0v) is 13.9. The smallest absolute Gasteiger partial charge is 0.186 e. The van der Waals surface area contributed by atoms with Crippen LogP contribution in [0, 0.1) is 12.8 Å². The highest BCUT2D eigenvalue weighted by molar-refractivity contribution is 7.17. The van der Waals surface area contributed by atoms with Crippen LogP contribution in [0.4, 0.5) is 5.13 Å². The van der Waals surface area contributed by atoms with E-state index in [4.69, 9.17) is 0 Å². The van der Waals surface area contributed by atoms with E-state index in [2.05, 4.69) is 23.7 Å². The molecule has 0 bridgehead atoms. The number of thiazole rings is 1. The molecule has 1 aromatic heterocycles. The summed E-state index contributed by atoms with van der Waals surface area (Å²) in [6.45, 7) is 9.18. The lowest BCUT2D eigenvalue weighted by molar-refractivity contribution is 0.102.